The van der Waals surface area contributed by atoms with Gasteiger partial charge in [-0.1, -0.05) is 20.8 Å². The maximum absolute atomic E-state index is 6.01. The van der Waals surface area contributed by atoms with Gasteiger partial charge in [-0.15, -0.1) is 0 Å². The van der Waals surface area contributed by atoms with Crippen molar-refractivity contribution < 1.29 is 4.74 Å². The molecule has 1 aromatic rings. The van der Waals surface area contributed by atoms with Crippen LogP contribution in [-0.4, -0.2) is 16.1 Å². The quantitative estimate of drug-likeness (QED) is 0.911. The summed E-state index contributed by atoms with van der Waals surface area (Å²) in [6.07, 6.45) is 3.62. The molecule has 0 saturated heterocycles. The van der Waals surface area contributed by atoms with Crippen LogP contribution in [0.5, 0.6) is 6.01 Å². The first-order valence-electron chi connectivity index (χ1n) is 7.09. The summed E-state index contributed by atoms with van der Waals surface area (Å²) in [5.41, 5.74) is 7.73. The Morgan fingerprint density at radius 2 is 2.11 bits per heavy atom. The Morgan fingerprint density at radius 1 is 1.37 bits per heavy atom. The molecule has 4 heteroatoms. The minimum Gasteiger partial charge on any atom is -0.460 e. The molecular formula is C15H25N3O. The number of aromatic nitrogens is 2. The molecule has 1 fully saturated rings. The van der Waals surface area contributed by atoms with Crippen molar-refractivity contribution in [3.8, 4) is 6.01 Å². The Balaban J connectivity index is 2.10. The predicted octanol–water partition coefficient (Wildman–Crippen LogP) is 2.84. The van der Waals surface area contributed by atoms with Gasteiger partial charge in [-0.2, -0.15) is 4.98 Å². The van der Waals surface area contributed by atoms with Crippen molar-refractivity contribution in [3.63, 3.8) is 0 Å². The lowest BCUT2D eigenvalue weighted by molar-refractivity contribution is 0.0497. The van der Waals surface area contributed by atoms with Crippen LogP contribution in [0.1, 0.15) is 51.4 Å². The molecule has 2 atom stereocenters. The Labute approximate surface area is 115 Å². The van der Waals surface area contributed by atoms with Crippen LogP contribution in [0, 0.1) is 18.3 Å². The van der Waals surface area contributed by atoms with E-state index in [1.165, 1.54) is 6.42 Å². The van der Waals surface area contributed by atoms with Crippen LogP contribution in [0.2, 0.25) is 0 Å². The zero-order valence-corrected chi connectivity index (χ0v) is 12.4. The van der Waals surface area contributed by atoms with Gasteiger partial charge >= 0.3 is 6.01 Å². The normalized spacial score (nSPS) is 26.2. The minimum absolute atomic E-state index is 0.214. The van der Waals surface area contributed by atoms with E-state index in [1.807, 2.05) is 13.0 Å². The highest BCUT2D eigenvalue weighted by atomic mass is 16.5. The summed E-state index contributed by atoms with van der Waals surface area (Å²) in [7, 11) is 0. The molecule has 4 nitrogen and oxygen atoms in total. The molecule has 0 aliphatic heterocycles. The summed E-state index contributed by atoms with van der Waals surface area (Å²) < 4.78 is 6.01. The SMILES string of the molecule is Cc1cc(CN)nc(OC2CC(C)CC(C)(C)C2)n1. The van der Waals surface area contributed by atoms with Crippen molar-refractivity contribution in [2.75, 3.05) is 0 Å². The number of nitrogens with two attached hydrogens (primary N) is 1. The number of hydrogen-bond acceptors (Lipinski definition) is 4. The molecule has 1 heterocycles. The summed E-state index contributed by atoms with van der Waals surface area (Å²) >= 11 is 0. The average Bonchev–Trinajstić information content (AvgIpc) is 2.24. The third kappa shape index (κ3) is 3.90. The van der Waals surface area contributed by atoms with Crippen LogP contribution < -0.4 is 10.5 Å². The van der Waals surface area contributed by atoms with Gasteiger partial charge in [-0.25, -0.2) is 4.98 Å². The van der Waals surface area contributed by atoms with Crippen molar-refractivity contribution in [3.05, 3.63) is 17.5 Å². The van der Waals surface area contributed by atoms with Crippen LogP contribution in [0.4, 0.5) is 0 Å². The predicted molar refractivity (Wildman–Crippen MR) is 75.9 cm³/mol. The topological polar surface area (TPSA) is 61.0 Å². The number of rotatable bonds is 3. The van der Waals surface area contributed by atoms with E-state index in [-0.39, 0.29) is 6.10 Å². The van der Waals surface area contributed by atoms with Crippen LogP contribution >= 0.6 is 0 Å². The van der Waals surface area contributed by atoms with Crippen molar-refractivity contribution >= 4 is 0 Å². The number of hydrogen-bond donors (Lipinski definition) is 1. The molecule has 2 N–H and O–H groups in total. The molecule has 2 unspecified atom stereocenters. The first-order chi connectivity index (χ1) is 8.88. The highest BCUT2D eigenvalue weighted by Crippen LogP contribution is 2.39. The van der Waals surface area contributed by atoms with Gasteiger partial charge in [0.15, 0.2) is 0 Å². The lowest BCUT2D eigenvalue weighted by Crippen LogP contribution is -2.34. The van der Waals surface area contributed by atoms with Crippen molar-refractivity contribution in [2.45, 2.75) is 59.6 Å². The zero-order chi connectivity index (χ0) is 14.0. The standard InChI is InChI=1S/C15H25N3O/c1-10-5-13(8-15(3,4)7-10)19-14-17-11(2)6-12(9-16)18-14/h6,10,13H,5,7-9,16H2,1-4H3. The monoisotopic (exact) mass is 263 g/mol. The fourth-order valence-corrected chi connectivity index (χ4v) is 3.26. The highest BCUT2D eigenvalue weighted by molar-refractivity contribution is 5.12. The van der Waals surface area contributed by atoms with Crippen molar-refractivity contribution in [1.29, 1.82) is 0 Å². The van der Waals surface area contributed by atoms with Gasteiger partial charge < -0.3 is 10.5 Å². The van der Waals surface area contributed by atoms with Crippen LogP contribution in [0.25, 0.3) is 0 Å². The number of aryl methyl sites for hydroxylation is 1. The lowest BCUT2D eigenvalue weighted by atomic mass is 9.71. The largest absolute Gasteiger partial charge is 0.460 e. The van der Waals surface area contributed by atoms with Crippen LogP contribution in [-0.2, 0) is 6.54 Å². The van der Waals surface area contributed by atoms with Gasteiger partial charge in [0.25, 0.3) is 0 Å². The van der Waals surface area contributed by atoms with E-state index in [0.717, 1.165) is 24.2 Å². The minimum atomic E-state index is 0.214. The molecular weight excluding hydrogens is 238 g/mol. The number of ether oxygens (including phenoxy) is 1. The average molecular weight is 263 g/mol. The van der Waals surface area contributed by atoms with E-state index in [1.54, 1.807) is 0 Å². The maximum Gasteiger partial charge on any atom is 0.317 e. The second-order valence-electron chi connectivity index (χ2n) is 6.64. The van der Waals surface area contributed by atoms with Gasteiger partial charge in [-0.3, -0.25) is 0 Å². The van der Waals surface area contributed by atoms with E-state index in [0.29, 0.717) is 23.9 Å². The molecule has 1 saturated carbocycles. The molecule has 1 aromatic heterocycles. The first kappa shape index (κ1) is 14.3. The third-order valence-corrected chi connectivity index (χ3v) is 3.71. The van der Waals surface area contributed by atoms with E-state index in [9.17, 15) is 0 Å². The maximum atomic E-state index is 6.01. The molecule has 2 rings (SSSR count). The highest BCUT2D eigenvalue weighted by Gasteiger charge is 2.33. The van der Waals surface area contributed by atoms with Crippen molar-refractivity contribution in [1.82, 2.24) is 9.97 Å². The molecule has 0 bridgehead atoms. The Hall–Kier alpha value is -1.16. The molecule has 1 aliphatic rings. The fourth-order valence-electron chi connectivity index (χ4n) is 3.26. The summed E-state index contributed by atoms with van der Waals surface area (Å²) in [5.74, 6) is 0.688. The second kappa shape index (κ2) is 5.45. The van der Waals surface area contributed by atoms with Crippen molar-refractivity contribution in [2.24, 2.45) is 17.1 Å². The number of nitrogens with zero attached hydrogens (tertiary/aromatic N) is 2. The molecule has 1 aliphatic carbocycles. The summed E-state index contributed by atoms with van der Waals surface area (Å²) in [6.45, 7) is 9.27. The second-order valence-corrected chi connectivity index (χ2v) is 6.64. The summed E-state index contributed by atoms with van der Waals surface area (Å²) in [5, 5.41) is 0. The Kier molecular flexibility index (Phi) is 4.09. The molecule has 0 spiro atoms. The lowest BCUT2D eigenvalue weighted by Gasteiger charge is -2.38. The molecule has 106 valence electrons. The van der Waals surface area contributed by atoms with Crippen LogP contribution in [0.15, 0.2) is 6.07 Å². The smallest absolute Gasteiger partial charge is 0.317 e. The molecule has 19 heavy (non-hydrogen) atoms. The third-order valence-electron chi connectivity index (χ3n) is 3.71. The molecule has 0 aromatic carbocycles. The summed E-state index contributed by atoms with van der Waals surface area (Å²) in [4.78, 5) is 8.72. The van der Waals surface area contributed by atoms with Gasteiger partial charge in [0.1, 0.15) is 6.10 Å². The van der Waals surface area contributed by atoms with Gasteiger partial charge in [0.2, 0.25) is 0 Å². The Morgan fingerprint density at radius 3 is 2.74 bits per heavy atom. The van der Waals surface area contributed by atoms with Gasteiger partial charge in [0.05, 0.1) is 5.69 Å². The van der Waals surface area contributed by atoms with E-state index in [2.05, 4.69) is 30.7 Å². The fraction of sp³-hybridized carbons (Fsp3) is 0.733. The molecule has 0 amide bonds. The van der Waals surface area contributed by atoms with Crippen LogP contribution in [0.3, 0.4) is 0 Å². The summed E-state index contributed by atoms with van der Waals surface area (Å²) in [6, 6.07) is 2.38. The zero-order valence-electron chi connectivity index (χ0n) is 12.4. The van der Waals surface area contributed by atoms with E-state index in [4.69, 9.17) is 10.5 Å². The van der Waals surface area contributed by atoms with E-state index < -0.39 is 0 Å². The molecule has 0 radical (unpaired) electrons. The van der Waals surface area contributed by atoms with Gasteiger partial charge in [0, 0.05) is 12.2 Å². The van der Waals surface area contributed by atoms with Gasteiger partial charge in [-0.05, 0) is 43.6 Å². The Bertz CT molecular complexity index is 445. The van der Waals surface area contributed by atoms with E-state index >= 15 is 0 Å². The first-order valence-corrected chi connectivity index (χ1v) is 7.09.